The Morgan fingerprint density at radius 2 is 1.15 bits per heavy atom. The van der Waals surface area contributed by atoms with Crippen molar-refractivity contribution >= 4 is 42.1 Å². The van der Waals surface area contributed by atoms with Crippen molar-refractivity contribution in [3.05, 3.63) is 0 Å². The van der Waals surface area contributed by atoms with Gasteiger partial charge in [-0.15, -0.1) is 0 Å². The largest absolute Gasteiger partial charge is 0.479 e. The number of ether oxygens (including phenoxy) is 2. The number of hydrogen-bond acceptors (Lipinski definition) is 7. The van der Waals surface area contributed by atoms with Crippen LogP contribution in [0, 0.1) is 0 Å². The molecular formula is C22H60O7Si5. The summed E-state index contributed by atoms with van der Waals surface area (Å²) in [6, 6.07) is 2.84. The van der Waals surface area contributed by atoms with Crippen molar-refractivity contribution in [2.75, 3.05) is 34.0 Å². The fourth-order valence-electron chi connectivity index (χ4n) is 3.56. The highest BCUT2D eigenvalue weighted by Crippen LogP contribution is 2.31. The molecule has 0 fully saturated rings. The quantitative estimate of drug-likeness (QED) is 0.150. The van der Waals surface area contributed by atoms with E-state index in [4.69, 9.17) is 31.4 Å². The van der Waals surface area contributed by atoms with Crippen LogP contribution in [0.4, 0.5) is 0 Å². The van der Waals surface area contributed by atoms with Crippen LogP contribution in [0.25, 0.3) is 0 Å². The van der Waals surface area contributed by atoms with Gasteiger partial charge in [-0.3, -0.25) is 0 Å². The van der Waals surface area contributed by atoms with Crippen LogP contribution in [0.2, 0.25) is 83.6 Å². The molecule has 0 aliphatic rings. The minimum atomic E-state index is -2.74. The molecule has 0 aromatic carbocycles. The van der Waals surface area contributed by atoms with E-state index in [1.807, 2.05) is 0 Å². The Morgan fingerprint density at radius 3 is 1.53 bits per heavy atom. The second-order valence-corrected chi connectivity index (χ2v) is 32.9. The standard InChI is InChI=1S/C20H52O7Si5.2CH4/c1-22-20(18-21)19-24-14-13-15-30(9,10)27-31(11,12)16-17-32(23-2,25-28(3,4)5)26-29(6,7)8;;/h20-21H,13-19H2,1-12H3;2*1H4. The fourth-order valence-corrected chi connectivity index (χ4v) is 24.7. The summed E-state index contributed by atoms with van der Waals surface area (Å²) in [5.41, 5.74) is 0. The van der Waals surface area contributed by atoms with E-state index in [0.717, 1.165) is 24.6 Å². The highest BCUT2D eigenvalue weighted by molar-refractivity contribution is 6.88. The number of hydrogen-bond donors (Lipinski definition) is 1. The zero-order valence-electron chi connectivity index (χ0n) is 22.9. The van der Waals surface area contributed by atoms with Crippen LogP contribution >= 0.6 is 0 Å². The van der Waals surface area contributed by atoms with Crippen molar-refractivity contribution in [2.24, 2.45) is 0 Å². The third-order valence-electron chi connectivity index (χ3n) is 4.73. The Labute approximate surface area is 218 Å². The lowest BCUT2D eigenvalue weighted by atomic mass is 10.4. The third-order valence-corrected chi connectivity index (χ3v) is 21.5. The highest BCUT2D eigenvalue weighted by Gasteiger charge is 2.48. The summed E-state index contributed by atoms with van der Waals surface area (Å²) < 4.78 is 36.9. The summed E-state index contributed by atoms with van der Waals surface area (Å²) in [5.74, 6) is 0. The monoisotopic (exact) mass is 576 g/mol. The van der Waals surface area contributed by atoms with Gasteiger partial charge in [0.25, 0.3) is 0 Å². The van der Waals surface area contributed by atoms with Gasteiger partial charge < -0.3 is 31.4 Å². The minimum absolute atomic E-state index is 0. The third kappa shape index (κ3) is 19.0. The molecule has 0 aromatic heterocycles. The molecule has 0 spiro atoms. The van der Waals surface area contributed by atoms with Crippen LogP contribution in [0.3, 0.4) is 0 Å². The van der Waals surface area contributed by atoms with E-state index in [1.165, 1.54) is 0 Å². The molecule has 1 unspecified atom stereocenters. The lowest BCUT2D eigenvalue weighted by Gasteiger charge is -2.41. The molecule has 0 aliphatic carbocycles. The Bertz CT molecular complexity index is 503. The maximum Gasteiger partial charge on any atom is 0.479 e. The smallest absolute Gasteiger partial charge is 0.456 e. The maximum atomic E-state index is 9.16. The Kier molecular flexibility index (Phi) is 19.2. The second kappa shape index (κ2) is 16.6. The zero-order chi connectivity index (χ0) is 25.3. The van der Waals surface area contributed by atoms with E-state index in [2.05, 4.69) is 65.5 Å². The molecule has 12 heteroatoms. The van der Waals surface area contributed by atoms with Crippen molar-refractivity contribution in [1.29, 1.82) is 0 Å². The average molecular weight is 577 g/mol. The first-order chi connectivity index (χ1) is 14.4. The molecule has 0 amide bonds. The fraction of sp³-hybridized carbons (Fsp3) is 1.00. The Balaban J connectivity index is -0.00000480. The molecule has 0 saturated heterocycles. The molecule has 0 heterocycles. The highest BCUT2D eigenvalue weighted by atomic mass is 28.5. The van der Waals surface area contributed by atoms with Crippen molar-refractivity contribution in [2.45, 2.75) is 111 Å². The summed E-state index contributed by atoms with van der Waals surface area (Å²) in [6.07, 6.45) is 0.713. The summed E-state index contributed by atoms with van der Waals surface area (Å²) in [6.45, 7) is 23.5. The molecule has 0 bridgehead atoms. The molecule has 0 aliphatic heterocycles. The van der Waals surface area contributed by atoms with Crippen LogP contribution in [-0.4, -0.2) is 87.3 Å². The molecule has 34 heavy (non-hydrogen) atoms. The Hall–Kier alpha value is 0.804. The second-order valence-electron chi connectivity index (χ2n) is 11.7. The molecule has 0 radical (unpaired) electrons. The first kappa shape index (κ1) is 39.3. The van der Waals surface area contributed by atoms with Gasteiger partial charge in [0.15, 0.2) is 33.3 Å². The lowest BCUT2D eigenvalue weighted by Crippen LogP contribution is -2.57. The summed E-state index contributed by atoms with van der Waals surface area (Å²) in [4.78, 5) is 0. The lowest BCUT2D eigenvalue weighted by molar-refractivity contribution is -0.0197. The van der Waals surface area contributed by atoms with Crippen LogP contribution in [0.1, 0.15) is 21.3 Å². The first-order valence-corrected chi connectivity index (χ1v) is 26.7. The van der Waals surface area contributed by atoms with Crippen LogP contribution < -0.4 is 0 Å². The molecule has 1 atom stereocenters. The molecule has 0 saturated carbocycles. The number of aliphatic hydroxyl groups is 1. The predicted molar refractivity (Wildman–Crippen MR) is 159 cm³/mol. The van der Waals surface area contributed by atoms with Crippen molar-refractivity contribution in [3.8, 4) is 0 Å². The van der Waals surface area contributed by atoms with Gasteiger partial charge in [0.2, 0.25) is 0 Å². The SMILES string of the molecule is C.C.COC(CO)COCCC[Si](C)(C)O[Si](C)(C)CC[Si](OC)(O[Si](C)(C)C)O[Si](C)(C)C. The Morgan fingerprint density at radius 1 is 0.676 bits per heavy atom. The van der Waals surface area contributed by atoms with Gasteiger partial charge in [-0.25, -0.2) is 0 Å². The van der Waals surface area contributed by atoms with Gasteiger partial charge in [0.05, 0.1) is 13.2 Å². The van der Waals surface area contributed by atoms with E-state index in [9.17, 15) is 0 Å². The molecule has 1 N–H and O–H groups in total. The predicted octanol–water partition coefficient (Wildman–Crippen LogP) is 6.39. The molecular weight excluding hydrogens is 517 g/mol. The first-order valence-electron chi connectivity index (χ1n) is 11.8. The van der Waals surface area contributed by atoms with E-state index in [0.29, 0.717) is 13.2 Å². The number of aliphatic hydroxyl groups excluding tert-OH is 1. The van der Waals surface area contributed by atoms with Gasteiger partial charge in [0, 0.05) is 26.9 Å². The molecule has 7 nitrogen and oxygen atoms in total. The number of rotatable bonds is 18. The summed E-state index contributed by atoms with van der Waals surface area (Å²) in [5, 5.41) is 9.16. The van der Waals surface area contributed by atoms with Gasteiger partial charge >= 0.3 is 8.80 Å². The topological polar surface area (TPSA) is 75.6 Å². The van der Waals surface area contributed by atoms with Gasteiger partial charge in [-0.2, -0.15) is 0 Å². The van der Waals surface area contributed by atoms with E-state index < -0.39 is 42.1 Å². The molecule has 210 valence electrons. The summed E-state index contributed by atoms with van der Waals surface area (Å²) in [7, 11) is -6.77. The van der Waals surface area contributed by atoms with Crippen molar-refractivity contribution < 1.29 is 31.4 Å². The van der Waals surface area contributed by atoms with Crippen LogP contribution in [0.5, 0.6) is 0 Å². The normalized spacial score (nSPS) is 14.4. The van der Waals surface area contributed by atoms with Gasteiger partial charge in [0.1, 0.15) is 6.10 Å². The van der Waals surface area contributed by atoms with Crippen LogP contribution in [0.15, 0.2) is 0 Å². The van der Waals surface area contributed by atoms with E-state index in [1.54, 1.807) is 14.2 Å². The van der Waals surface area contributed by atoms with Crippen LogP contribution in [-0.2, 0) is 26.2 Å². The molecule has 0 rings (SSSR count). The number of methoxy groups -OCH3 is 1. The zero-order valence-corrected chi connectivity index (χ0v) is 27.9. The maximum absolute atomic E-state index is 9.16. The van der Waals surface area contributed by atoms with Gasteiger partial charge in [-0.1, -0.05) is 14.9 Å². The average Bonchev–Trinajstić information content (AvgIpc) is 2.59. The summed E-state index contributed by atoms with van der Waals surface area (Å²) >= 11 is 0. The van der Waals surface area contributed by atoms with E-state index in [-0.39, 0.29) is 27.6 Å². The molecule has 0 aromatic rings. The van der Waals surface area contributed by atoms with Crippen molar-refractivity contribution in [1.82, 2.24) is 0 Å². The minimum Gasteiger partial charge on any atom is -0.456 e. The van der Waals surface area contributed by atoms with E-state index >= 15 is 0 Å². The van der Waals surface area contributed by atoms with Crippen molar-refractivity contribution in [3.63, 3.8) is 0 Å². The van der Waals surface area contributed by atoms with Gasteiger partial charge in [-0.05, 0) is 84.0 Å².